The summed E-state index contributed by atoms with van der Waals surface area (Å²) in [6, 6.07) is 20.7. The van der Waals surface area contributed by atoms with E-state index in [0.29, 0.717) is 6.61 Å². The Kier molecular flexibility index (Phi) is 5.50. The van der Waals surface area contributed by atoms with Gasteiger partial charge in [0.25, 0.3) is 0 Å². The quantitative estimate of drug-likeness (QED) is 0.427. The Hall–Kier alpha value is -3.44. The fourth-order valence-corrected chi connectivity index (χ4v) is 4.72. The summed E-state index contributed by atoms with van der Waals surface area (Å²) in [5.74, 6) is 2.57. The van der Waals surface area contributed by atoms with Crippen molar-refractivity contribution in [3.8, 4) is 28.4 Å². The van der Waals surface area contributed by atoms with Crippen LogP contribution in [-0.4, -0.2) is 32.4 Å². The summed E-state index contributed by atoms with van der Waals surface area (Å²) in [5, 5.41) is 4.91. The molecule has 4 aromatic rings. The van der Waals surface area contributed by atoms with E-state index in [1.807, 2.05) is 31.2 Å². The van der Waals surface area contributed by atoms with Crippen LogP contribution in [0.5, 0.6) is 17.2 Å². The number of H-pyrrole nitrogens is 1. The zero-order chi connectivity index (χ0) is 22.1. The van der Waals surface area contributed by atoms with Crippen molar-refractivity contribution in [2.24, 2.45) is 0 Å². The van der Waals surface area contributed by atoms with E-state index in [4.69, 9.17) is 14.2 Å². The number of aromatic amines is 1. The van der Waals surface area contributed by atoms with Gasteiger partial charge in [-0.25, -0.2) is 0 Å². The molecule has 0 bridgehead atoms. The lowest BCUT2D eigenvalue weighted by Crippen LogP contribution is -2.30. The van der Waals surface area contributed by atoms with E-state index in [1.165, 1.54) is 16.6 Å². The van der Waals surface area contributed by atoms with Gasteiger partial charge < -0.3 is 24.5 Å². The molecule has 0 fully saturated rings. The minimum Gasteiger partial charge on any atom is -0.496 e. The lowest BCUT2D eigenvalue weighted by atomic mass is 9.91. The summed E-state index contributed by atoms with van der Waals surface area (Å²) in [6.07, 6.45) is 0.961. The first-order valence-corrected chi connectivity index (χ1v) is 11.1. The van der Waals surface area contributed by atoms with Gasteiger partial charge in [0.2, 0.25) is 0 Å². The van der Waals surface area contributed by atoms with E-state index in [2.05, 4.69) is 46.7 Å². The first-order valence-electron chi connectivity index (χ1n) is 11.1. The summed E-state index contributed by atoms with van der Waals surface area (Å²) in [5.41, 5.74) is 6.80. The molecule has 0 aliphatic carbocycles. The van der Waals surface area contributed by atoms with Gasteiger partial charge in [-0.3, -0.25) is 0 Å². The minimum absolute atomic E-state index is 0.0182. The molecule has 1 aromatic heterocycles. The van der Waals surface area contributed by atoms with Gasteiger partial charge in [-0.1, -0.05) is 30.3 Å². The molecule has 1 aliphatic heterocycles. The predicted molar refractivity (Wildman–Crippen MR) is 128 cm³/mol. The molecule has 164 valence electrons. The first kappa shape index (κ1) is 20.5. The van der Waals surface area contributed by atoms with Crippen molar-refractivity contribution < 1.29 is 14.2 Å². The maximum Gasteiger partial charge on any atom is 0.127 e. The monoisotopic (exact) mass is 428 g/mol. The number of aromatic nitrogens is 1. The molecular weight excluding hydrogens is 400 g/mol. The highest BCUT2D eigenvalue weighted by molar-refractivity contribution is 5.87. The second-order valence-electron chi connectivity index (χ2n) is 7.96. The number of nitrogens with one attached hydrogen (secondary N) is 2. The number of fused-ring (bicyclic) bond motifs is 3. The third-order valence-electron chi connectivity index (χ3n) is 6.18. The molecule has 0 saturated carbocycles. The van der Waals surface area contributed by atoms with E-state index in [-0.39, 0.29) is 6.04 Å². The van der Waals surface area contributed by atoms with Crippen LogP contribution in [0, 0.1) is 0 Å². The van der Waals surface area contributed by atoms with E-state index in [0.717, 1.165) is 52.4 Å². The van der Waals surface area contributed by atoms with E-state index < -0.39 is 0 Å². The van der Waals surface area contributed by atoms with Gasteiger partial charge in [0.05, 0.1) is 26.9 Å². The third kappa shape index (κ3) is 3.49. The topological polar surface area (TPSA) is 55.5 Å². The Labute approximate surface area is 188 Å². The minimum atomic E-state index is -0.0182. The molecule has 0 saturated heterocycles. The molecular formula is C27H28N2O3. The van der Waals surface area contributed by atoms with Gasteiger partial charge in [-0.05, 0) is 54.8 Å². The molecule has 5 nitrogen and oxygen atoms in total. The molecule has 32 heavy (non-hydrogen) atoms. The van der Waals surface area contributed by atoms with Crippen molar-refractivity contribution in [3.63, 3.8) is 0 Å². The van der Waals surface area contributed by atoms with Crippen LogP contribution in [0.15, 0.2) is 60.7 Å². The van der Waals surface area contributed by atoms with Crippen molar-refractivity contribution in [1.29, 1.82) is 0 Å². The van der Waals surface area contributed by atoms with E-state index >= 15 is 0 Å². The standard InChI is InChI=1S/C27H28N2O3/c1-4-32-18-10-11-23-21(14-18)19-12-13-28-26(27(19)29-23)22-16-24(30-2)20(15-25(22)31-3)17-8-6-5-7-9-17/h5-11,14-16,26,28-29H,4,12-13H2,1-3H3. The number of hydrogen-bond donors (Lipinski definition) is 2. The number of hydrogen-bond acceptors (Lipinski definition) is 4. The Morgan fingerprint density at radius 2 is 1.75 bits per heavy atom. The molecule has 1 aliphatic rings. The zero-order valence-corrected chi connectivity index (χ0v) is 18.7. The van der Waals surface area contributed by atoms with Gasteiger partial charge in [0, 0.05) is 34.3 Å². The van der Waals surface area contributed by atoms with Crippen LogP contribution in [0.1, 0.15) is 29.8 Å². The van der Waals surface area contributed by atoms with Crippen molar-refractivity contribution in [1.82, 2.24) is 10.3 Å². The van der Waals surface area contributed by atoms with Crippen LogP contribution >= 0.6 is 0 Å². The van der Waals surface area contributed by atoms with Gasteiger partial charge in [-0.15, -0.1) is 0 Å². The van der Waals surface area contributed by atoms with Crippen LogP contribution in [0.4, 0.5) is 0 Å². The first-order chi connectivity index (χ1) is 15.7. The van der Waals surface area contributed by atoms with Crippen molar-refractivity contribution in [3.05, 3.63) is 77.5 Å². The normalized spacial score (nSPS) is 15.4. The number of methoxy groups -OCH3 is 2. The number of rotatable bonds is 6. The van der Waals surface area contributed by atoms with E-state index in [9.17, 15) is 0 Å². The summed E-state index contributed by atoms with van der Waals surface area (Å²) >= 11 is 0. The summed E-state index contributed by atoms with van der Waals surface area (Å²) < 4.78 is 17.4. The fraction of sp³-hybridized carbons (Fsp3) is 0.259. The Morgan fingerprint density at radius 1 is 0.938 bits per heavy atom. The van der Waals surface area contributed by atoms with Crippen LogP contribution in [0.2, 0.25) is 0 Å². The highest BCUT2D eigenvalue weighted by Crippen LogP contribution is 2.42. The highest BCUT2D eigenvalue weighted by atomic mass is 16.5. The second kappa shape index (κ2) is 8.60. The van der Waals surface area contributed by atoms with Crippen LogP contribution in [0.3, 0.4) is 0 Å². The predicted octanol–water partition coefficient (Wildman–Crippen LogP) is 5.49. The highest BCUT2D eigenvalue weighted by Gasteiger charge is 2.29. The van der Waals surface area contributed by atoms with Crippen molar-refractivity contribution >= 4 is 10.9 Å². The zero-order valence-electron chi connectivity index (χ0n) is 18.7. The second-order valence-corrected chi connectivity index (χ2v) is 7.96. The Balaban J connectivity index is 1.64. The summed E-state index contributed by atoms with van der Waals surface area (Å²) in [6.45, 7) is 3.55. The molecule has 2 heterocycles. The Bertz CT molecular complexity index is 1250. The van der Waals surface area contributed by atoms with Gasteiger partial charge in [-0.2, -0.15) is 0 Å². The molecule has 1 unspecified atom stereocenters. The lowest BCUT2D eigenvalue weighted by Gasteiger charge is -2.27. The average Bonchev–Trinajstić information content (AvgIpc) is 3.22. The lowest BCUT2D eigenvalue weighted by molar-refractivity contribution is 0.340. The van der Waals surface area contributed by atoms with Crippen molar-refractivity contribution in [2.75, 3.05) is 27.4 Å². The Morgan fingerprint density at radius 3 is 2.50 bits per heavy atom. The van der Waals surface area contributed by atoms with Gasteiger partial charge >= 0.3 is 0 Å². The summed E-state index contributed by atoms with van der Waals surface area (Å²) in [4.78, 5) is 3.65. The van der Waals surface area contributed by atoms with Crippen LogP contribution < -0.4 is 19.5 Å². The molecule has 5 heteroatoms. The average molecular weight is 429 g/mol. The molecule has 3 aromatic carbocycles. The van der Waals surface area contributed by atoms with Gasteiger partial charge in [0.15, 0.2) is 0 Å². The fourth-order valence-electron chi connectivity index (χ4n) is 4.72. The third-order valence-corrected chi connectivity index (χ3v) is 6.18. The largest absolute Gasteiger partial charge is 0.496 e. The maximum atomic E-state index is 5.87. The molecule has 0 amide bonds. The summed E-state index contributed by atoms with van der Waals surface area (Å²) in [7, 11) is 3.44. The van der Waals surface area contributed by atoms with Gasteiger partial charge in [0.1, 0.15) is 17.2 Å². The molecule has 0 spiro atoms. The molecule has 0 radical (unpaired) electrons. The SMILES string of the molecule is CCOc1ccc2[nH]c3c(c2c1)CCNC3c1cc(OC)c(-c2ccccc2)cc1OC. The molecule has 1 atom stereocenters. The van der Waals surface area contributed by atoms with E-state index in [1.54, 1.807) is 14.2 Å². The smallest absolute Gasteiger partial charge is 0.127 e. The van der Waals surface area contributed by atoms with Crippen molar-refractivity contribution in [2.45, 2.75) is 19.4 Å². The molecule has 2 N–H and O–H groups in total. The van der Waals surface area contributed by atoms with Crippen LogP contribution in [-0.2, 0) is 6.42 Å². The maximum absolute atomic E-state index is 5.87. The number of ether oxygens (including phenoxy) is 3. The number of benzene rings is 3. The molecule has 5 rings (SSSR count). The van der Waals surface area contributed by atoms with Crippen LogP contribution in [0.25, 0.3) is 22.0 Å².